The zero-order valence-corrected chi connectivity index (χ0v) is 9.64. The van der Waals surface area contributed by atoms with Gasteiger partial charge in [-0.05, 0) is 31.4 Å². The Morgan fingerprint density at radius 3 is 2.65 bits per heavy atom. The quantitative estimate of drug-likeness (QED) is 0.786. The van der Waals surface area contributed by atoms with E-state index in [0.29, 0.717) is 24.5 Å². The van der Waals surface area contributed by atoms with Crippen molar-refractivity contribution in [1.29, 1.82) is 0 Å². The number of rotatable bonds is 5. The van der Waals surface area contributed by atoms with Crippen LogP contribution in [-0.4, -0.2) is 17.7 Å². The van der Waals surface area contributed by atoms with Crippen LogP contribution < -0.4 is 11.1 Å². The standard InChI is InChI=1S/C11H16F3N3/c1-8-6-10(17-7-9(8)15)16-5-3-2-4-11(12,13)14/h6-7H,2-5,15H2,1H3,(H,16,17). The van der Waals surface area contributed by atoms with Crippen LogP contribution in [0.2, 0.25) is 0 Å². The lowest BCUT2D eigenvalue weighted by atomic mass is 10.2. The third kappa shape index (κ3) is 5.42. The molecule has 1 rings (SSSR count). The molecule has 0 saturated heterocycles. The summed E-state index contributed by atoms with van der Waals surface area (Å²) in [7, 11) is 0. The van der Waals surface area contributed by atoms with Gasteiger partial charge in [0.2, 0.25) is 0 Å². The predicted octanol–water partition coefficient (Wildman–Crippen LogP) is 3.12. The Labute approximate surface area is 98.2 Å². The van der Waals surface area contributed by atoms with Crippen molar-refractivity contribution in [1.82, 2.24) is 4.98 Å². The summed E-state index contributed by atoms with van der Waals surface area (Å²) < 4.78 is 35.6. The Morgan fingerprint density at radius 1 is 1.35 bits per heavy atom. The molecule has 0 unspecified atom stereocenters. The second-order valence-electron chi connectivity index (χ2n) is 3.93. The minimum atomic E-state index is -4.06. The summed E-state index contributed by atoms with van der Waals surface area (Å²) in [5.74, 6) is 0.642. The lowest BCUT2D eigenvalue weighted by Crippen LogP contribution is -2.09. The predicted molar refractivity (Wildman–Crippen MR) is 61.8 cm³/mol. The number of pyridine rings is 1. The van der Waals surface area contributed by atoms with Crippen LogP contribution in [0.3, 0.4) is 0 Å². The van der Waals surface area contributed by atoms with Crippen LogP contribution in [-0.2, 0) is 0 Å². The van der Waals surface area contributed by atoms with Gasteiger partial charge in [0, 0.05) is 13.0 Å². The fraction of sp³-hybridized carbons (Fsp3) is 0.545. The highest BCUT2D eigenvalue weighted by atomic mass is 19.4. The molecule has 0 fully saturated rings. The summed E-state index contributed by atoms with van der Waals surface area (Å²) in [6, 6.07) is 1.78. The van der Waals surface area contributed by atoms with E-state index < -0.39 is 12.6 Å². The van der Waals surface area contributed by atoms with Crippen molar-refractivity contribution in [3.05, 3.63) is 17.8 Å². The second-order valence-corrected chi connectivity index (χ2v) is 3.93. The third-order valence-corrected chi connectivity index (χ3v) is 2.34. The Morgan fingerprint density at radius 2 is 2.06 bits per heavy atom. The molecule has 6 heteroatoms. The average molecular weight is 247 g/mol. The first-order valence-corrected chi connectivity index (χ1v) is 5.41. The van der Waals surface area contributed by atoms with E-state index in [2.05, 4.69) is 10.3 Å². The maximum absolute atomic E-state index is 11.9. The first-order chi connectivity index (χ1) is 7.88. The maximum atomic E-state index is 11.9. The first kappa shape index (κ1) is 13.6. The van der Waals surface area contributed by atoms with Crippen LogP contribution in [0.25, 0.3) is 0 Å². The number of nitrogens with one attached hydrogen (secondary N) is 1. The Balaban J connectivity index is 2.25. The molecule has 0 aliphatic rings. The highest BCUT2D eigenvalue weighted by Crippen LogP contribution is 2.22. The molecule has 1 aromatic heterocycles. The van der Waals surface area contributed by atoms with Crippen LogP contribution in [0.15, 0.2) is 12.3 Å². The van der Waals surface area contributed by atoms with E-state index in [-0.39, 0.29) is 6.42 Å². The maximum Gasteiger partial charge on any atom is 0.389 e. The van der Waals surface area contributed by atoms with E-state index in [1.807, 2.05) is 6.92 Å². The van der Waals surface area contributed by atoms with Gasteiger partial charge in [-0.15, -0.1) is 0 Å². The molecular formula is C11H16F3N3. The van der Waals surface area contributed by atoms with Gasteiger partial charge in [-0.2, -0.15) is 13.2 Å². The van der Waals surface area contributed by atoms with Crippen molar-refractivity contribution in [2.75, 3.05) is 17.6 Å². The molecule has 0 saturated carbocycles. The molecule has 3 N–H and O–H groups in total. The molecule has 3 nitrogen and oxygen atoms in total. The van der Waals surface area contributed by atoms with Crippen molar-refractivity contribution in [2.45, 2.75) is 32.4 Å². The normalized spacial score (nSPS) is 11.5. The summed E-state index contributed by atoms with van der Waals surface area (Å²) >= 11 is 0. The number of hydrogen-bond acceptors (Lipinski definition) is 3. The lowest BCUT2D eigenvalue weighted by Gasteiger charge is -2.08. The number of alkyl halides is 3. The minimum Gasteiger partial charge on any atom is -0.397 e. The van der Waals surface area contributed by atoms with Gasteiger partial charge in [0.1, 0.15) is 5.82 Å². The number of unbranched alkanes of at least 4 members (excludes halogenated alkanes) is 1. The molecule has 0 aliphatic carbocycles. The van der Waals surface area contributed by atoms with Crippen molar-refractivity contribution in [2.24, 2.45) is 0 Å². The fourth-order valence-corrected chi connectivity index (χ4v) is 1.33. The van der Waals surface area contributed by atoms with Gasteiger partial charge in [-0.25, -0.2) is 4.98 Å². The molecule has 0 aliphatic heterocycles. The van der Waals surface area contributed by atoms with Gasteiger partial charge >= 0.3 is 6.18 Å². The number of hydrogen-bond donors (Lipinski definition) is 2. The molecule has 0 bridgehead atoms. The van der Waals surface area contributed by atoms with Gasteiger partial charge in [-0.1, -0.05) is 0 Å². The van der Waals surface area contributed by atoms with Crippen molar-refractivity contribution < 1.29 is 13.2 Å². The number of anilines is 2. The van der Waals surface area contributed by atoms with Crippen molar-refractivity contribution in [3.63, 3.8) is 0 Å². The molecular weight excluding hydrogens is 231 g/mol. The SMILES string of the molecule is Cc1cc(NCCCCC(F)(F)F)ncc1N. The van der Waals surface area contributed by atoms with Crippen molar-refractivity contribution in [3.8, 4) is 0 Å². The molecule has 0 atom stereocenters. The summed E-state index contributed by atoms with van der Waals surface area (Å²) in [4.78, 5) is 4.03. The number of aryl methyl sites for hydroxylation is 1. The van der Waals surface area contributed by atoms with Crippen LogP contribution in [0.5, 0.6) is 0 Å². The smallest absolute Gasteiger partial charge is 0.389 e. The highest BCUT2D eigenvalue weighted by Gasteiger charge is 2.25. The zero-order valence-electron chi connectivity index (χ0n) is 9.64. The van der Waals surface area contributed by atoms with E-state index >= 15 is 0 Å². The van der Waals surface area contributed by atoms with Gasteiger partial charge in [-0.3, -0.25) is 0 Å². The number of aromatic nitrogens is 1. The van der Waals surface area contributed by atoms with Crippen LogP contribution >= 0.6 is 0 Å². The summed E-state index contributed by atoms with van der Waals surface area (Å²) in [5.41, 5.74) is 7.10. The average Bonchev–Trinajstić information content (AvgIpc) is 2.21. The molecule has 96 valence electrons. The molecule has 1 heterocycles. The first-order valence-electron chi connectivity index (χ1n) is 5.41. The summed E-state index contributed by atoms with van der Waals surface area (Å²) in [6.45, 7) is 2.33. The van der Waals surface area contributed by atoms with Crippen LogP contribution in [0, 0.1) is 6.92 Å². The Kier molecular flexibility index (Phi) is 4.60. The number of nitrogen functional groups attached to an aromatic ring is 1. The highest BCUT2D eigenvalue weighted by molar-refractivity contribution is 5.50. The van der Waals surface area contributed by atoms with Crippen LogP contribution in [0.1, 0.15) is 24.8 Å². The largest absolute Gasteiger partial charge is 0.397 e. The Hall–Kier alpha value is -1.46. The zero-order chi connectivity index (χ0) is 12.9. The van der Waals surface area contributed by atoms with E-state index in [1.54, 1.807) is 6.07 Å². The van der Waals surface area contributed by atoms with Crippen molar-refractivity contribution >= 4 is 11.5 Å². The third-order valence-electron chi connectivity index (χ3n) is 2.34. The van der Waals surface area contributed by atoms with Gasteiger partial charge < -0.3 is 11.1 Å². The van der Waals surface area contributed by atoms with Gasteiger partial charge in [0.25, 0.3) is 0 Å². The summed E-state index contributed by atoms with van der Waals surface area (Å²) in [6.07, 6.45) is -2.67. The minimum absolute atomic E-state index is 0.129. The number of nitrogens with two attached hydrogens (primary N) is 1. The molecule has 1 aromatic rings. The lowest BCUT2D eigenvalue weighted by molar-refractivity contribution is -0.135. The number of halogens is 3. The topological polar surface area (TPSA) is 50.9 Å². The summed E-state index contributed by atoms with van der Waals surface area (Å²) in [5, 5.41) is 2.96. The van der Waals surface area contributed by atoms with Gasteiger partial charge in [0.15, 0.2) is 0 Å². The molecule has 0 amide bonds. The molecule has 0 spiro atoms. The Bertz CT molecular complexity index is 363. The van der Waals surface area contributed by atoms with E-state index in [1.165, 1.54) is 6.20 Å². The molecule has 17 heavy (non-hydrogen) atoms. The molecule has 0 radical (unpaired) electrons. The fourth-order valence-electron chi connectivity index (χ4n) is 1.33. The second kappa shape index (κ2) is 5.75. The van der Waals surface area contributed by atoms with Gasteiger partial charge in [0.05, 0.1) is 11.9 Å². The molecule has 0 aromatic carbocycles. The van der Waals surface area contributed by atoms with E-state index in [9.17, 15) is 13.2 Å². The number of nitrogens with zero attached hydrogens (tertiary/aromatic N) is 1. The monoisotopic (exact) mass is 247 g/mol. The van der Waals surface area contributed by atoms with E-state index in [0.717, 1.165) is 5.56 Å². The van der Waals surface area contributed by atoms with Crippen LogP contribution in [0.4, 0.5) is 24.7 Å². The van der Waals surface area contributed by atoms with E-state index in [4.69, 9.17) is 5.73 Å².